The minimum Gasteiger partial charge on any atom is -0.469 e. The molecule has 15 heavy (non-hydrogen) atoms. The third-order valence-electron chi connectivity index (χ3n) is 1.90. The lowest BCUT2D eigenvalue weighted by Gasteiger charge is -2.04. The summed E-state index contributed by atoms with van der Waals surface area (Å²) < 4.78 is 9.26. The Kier molecular flexibility index (Phi) is 7.32. The topological polar surface area (TPSA) is 52.6 Å². The summed E-state index contributed by atoms with van der Waals surface area (Å²) in [5, 5.41) is 0. The number of carbonyl (C=O) groups is 2. The van der Waals surface area contributed by atoms with Crippen LogP contribution >= 0.6 is 0 Å². The molecule has 0 aliphatic carbocycles. The molecule has 4 heteroatoms. The Labute approximate surface area is 90.2 Å². The number of esters is 2. The molecule has 0 heterocycles. The van der Waals surface area contributed by atoms with E-state index in [2.05, 4.69) is 11.3 Å². The fourth-order valence-corrected chi connectivity index (χ4v) is 1.05. The van der Waals surface area contributed by atoms with Crippen LogP contribution in [0.3, 0.4) is 0 Å². The highest BCUT2D eigenvalue weighted by molar-refractivity contribution is 5.87. The van der Waals surface area contributed by atoms with Gasteiger partial charge in [-0.05, 0) is 26.2 Å². The summed E-state index contributed by atoms with van der Waals surface area (Å²) >= 11 is 0. The van der Waals surface area contributed by atoms with E-state index in [1.807, 2.05) is 0 Å². The lowest BCUT2D eigenvalue weighted by atomic mass is 10.1. The van der Waals surface area contributed by atoms with Crippen LogP contribution in [-0.4, -0.2) is 25.7 Å². The summed E-state index contributed by atoms with van der Waals surface area (Å²) in [5.74, 6) is -0.577. The van der Waals surface area contributed by atoms with E-state index >= 15 is 0 Å². The van der Waals surface area contributed by atoms with Crippen molar-refractivity contribution in [1.29, 1.82) is 0 Å². The molecular formula is C11H18O4. The third-order valence-corrected chi connectivity index (χ3v) is 1.90. The van der Waals surface area contributed by atoms with E-state index in [1.165, 1.54) is 7.11 Å². The van der Waals surface area contributed by atoms with Gasteiger partial charge in [0.25, 0.3) is 0 Å². The summed E-state index contributed by atoms with van der Waals surface area (Å²) in [4.78, 5) is 21.9. The van der Waals surface area contributed by atoms with E-state index in [0.29, 0.717) is 31.4 Å². The summed E-state index contributed by atoms with van der Waals surface area (Å²) in [6.07, 6.45) is 2.39. The molecule has 86 valence electrons. The summed E-state index contributed by atoms with van der Waals surface area (Å²) in [6, 6.07) is 0. The van der Waals surface area contributed by atoms with Gasteiger partial charge in [-0.25, -0.2) is 4.79 Å². The van der Waals surface area contributed by atoms with Gasteiger partial charge in [-0.15, -0.1) is 0 Å². The molecule has 0 fully saturated rings. The van der Waals surface area contributed by atoms with Gasteiger partial charge >= 0.3 is 11.9 Å². The summed E-state index contributed by atoms with van der Waals surface area (Å²) in [7, 11) is 1.36. The first-order chi connectivity index (χ1) is 7.11. The SMILES string of the molecule is C=C(CCCCC(=O)OC)C(=O)OCC. The van der Waals surface area contributed by atoms with Crippen LogP contribution in [0.4, 0.5) is 0 Å². The van der Waals surface area contributed by atoms with Crippen molar-refractivity contribution < 1.29 is 19.1 Å². The Hall–Kier alpha value is -1.32. The van der Waals surface area contributed by atoms with Gasteiger partial charge in [-0.3, -0.25) is 4.79 Å². The zero-order valence-electron chi connectivity index (χ0n) is 9.38. The van der Waals surface area contributed by atoms with E-state index < -0.39 is 0 Å². The fourth-order valence-electron chi connectivity index (χ4n) is 1.05. The zero-order chi connectivity index (χ0) is 11.7. The second-order valence-corrected chi connectivity index (χ2v) is 3.11. The van der Waals surface area contributed by atoms with Crippen molar-refractivity contribution >= 4 is 11.9 Å². The highest BCUT2D eigenvalue weighted by atomic mass is 16.5. The Morgan fingerprint density at radius 3 is 2.33 bits per heavy atom. The molecule has 0 rings (SSSR count). The molecule has 0 aromatic heterocycles. The quantitative estimate of drug-likeness (QED) is 0.368. The summed E-state index contributed by atoms with van der Waals surface area (Å²) in [6.45, 7) is 5.73. The van der Waals surface area contributed by atoms with Crippen molar-refractivity contribution in [2.45, 2.75) is 32.6 Å². The standard InChI is InChI=1S/C11H18O4/c1-4-15-11(13)9(2)7-5-6-8-10(12)14-3/h2,4-8H2,1,3H3. The van der Waals surface area contributed by atoms with Crippen LogP contribution in [0.1, 0.15) is 32.6 Å². The molecule has 0 saturated carbocycles. The van der Waals surface area contributed by atoms with Crippen LogP contribution in [0.5, 0.6) is 0 Å². The Morgan fingerprint density at radius 1 is 1.20 bits per heavy atom. The maximum absolute atomic E-state index is 11.1. The van der Waals surface area contributed by atoms with E-state index in [-0.39, 0.29) is 11.9 Å². The van der Waals surface area contributed by atoms with Gasteiger partial charge < -0.3 is 9.47 Å². The van der Waals surface area contributed by atoms with Gasteiger partial charge in [-0.1, -0.05) is 6.58 Å². The van der Waals surface area contributed by atoms with Gasteiger partial charge in [0.2, 0.25) is 0 Å². The molecule has 0 spiro atoms. The zero-order valence-corrected chi connectivity index (χ0v) is 9.38. The molecule has 0 bridgehead atoms. The van der Waals surface area contributed by atoms with Crippen LogP contribution in [0.15, 0.2) is 12.2 Å². The number of ether oxygens (including phenoxy) is 2. The monoisotopic (exact) mass is 214 g/mol. The average molecular weight is 214 g/mol. The van der Waals surface area contributed by atoms with Crippen LogP contribution < -0.4 is 0 Å². The molecule has 4 nitrogen and oxygen atoms in total. The first kappa shape index (κ1) is 13.7. The van der Waals surface area contributed by atoms with E-state index in [9.17, 15) is 9.59 Å². The molecule has 0 radical (unpaired) electrons. The highest BCUT2D eigenvalue weighted by Gasteiger charge is 2.07. The van der Waals surface area contributed by atoms with Crippen LogP contribution in [0.2, 0.25) is 0 Å². The minimum atomic E-state index is -0.351. The van der Waals surface area contributed by atoms with Crippen LogP contribution in [0, 0.1) is 0 Å². The Balaban J connectivity index is 3.55. The van der Waals surface area contributed by atoms with Crippen LogP contribution in [0.25, 0.3) is 0 Å². The largest absolute Gasteiger partial charge is 0.469 e. The van der Waals surface area contributed by atoms with Gasteiger partial charge in [0, 0.05) is 12.0 Å². The van der Waals surface area contributed by atoms with Crippen LogP contribution in [-0.2, 0) is 19.1 Å². The minimum absolute atomic E-state index is 0.225. The first-order valence-electron chi connectivity index (χ1n) is 5.03. The fraction of sp³-hybridized carbons (Fsp3) is 0.636. The van der Waals surface area contributed by atoms with Gasteiger partial charge in [0.05, 0.1) is 13.7 Å². The van der Waals surface area contributed by atoms with Gasteiger partial charge in [-0.2, -0.15) is 0 Å². The third kappa shape index (κ3) is 6.71. The smallest absolute Gasteiger partial charge is 0.333 e. The lowest BCUT2D eigenvalue weighted by Crippen LogP contribution is -2.07. The summed E-state index contributed by atoms with van der Waals surface area (Å²) in [5.41, 5.74) is 0.460. The second kappa shape index (κ2) is 8.03. The molecule has 0 aliphatic heterocycles. The normalized spacial score (nSPS) is 9.47. The molecule has 0 aromatic carbocycles. The van der Waals surface area contributed by atoms with Crippen molar-refractivity contribution in [2.24, 2.45) is 0 Å². The average Bonchev–Trinajstić information content (AvgIpc) is 2.23. The Bertz CT molecular complexity index is 233. The first-order valence-corrected chi connectivity index (χ1v) is 5.03. The molecule has 0 saturated heterocycles. The number of hydrogen-bond donors (Lipinski definition) is 0. The number of carbonyl (C=O) groups excluding carboxylic acids is 2. The lowest BCUT2D eigenvalue weighted by molar-refractivity contribution is -0.140. The molecule has 0 aliphatic rings. The molecular weight excluding hydrogens is 196 g/mol. The second-order valence-electron chi connectivity index (χ2n) is 3.11. The molecule has 0 atom stereocenters. The predicted molar refractivity (Wildman–Crippen MR) is 56.3 cm³/mol. The highest BCUT2D eigenvalue weighted by Crippen LogP contribution is 2.09. The van der Waals surface area contributed by atoms with Crippen molar-refractivity contribution in [3.8, 4) is 0 Å². The molecule has 0 amide bonds. The predicted octanol–water partition coefficient (Wildman–Crippen LogP) is 1.84. The van der Waals surface area contributed by atoms with E-state index in [0.717, 1.165) is 6.42 Å². The maximum atomic E-state index is 11.1. The van der Waals surface area contributed by atoms with Gasteiger partial charge in [0.15, 0.2) is 0 Å². The van der Waals surface area contributed by atoms with Crippen molar-refractivity contribution in [2.75, 3.05) is 13.7 Å². The number of rotatable bonds is 7. The van der Waals surface area contributed by atoms with Gasteiger partial charge in [0.1, 0.15) is 0 Å². The van der Waals surface area contributed by atoms with Crippen molar-refractivity contribution in [1.82, 2.24) is 0 Å². The number of hydrogen-bond acceptors (Lipinski definition) is 4. The molecule has 0 aromatic rings. The number of unbranched alkanes of at least 4 members (excludes halogenated alkanes) is 1. The Morgan fingerprint density at radius 2 is 1.80 bits per heavy atom. The van der Waals surface area contributed by atoms with E-state index in [1.54, 1.807) is 6.92 Å². The van der Waals surface area contributed by atoms with Crippen molar-refractivity contribution in [3.63, 3.8) is 0 Å². The molecule has 0 unspecified atom stereocenters. The maximum Gasteiger partial charge on any atom is 0.333 e. The number of methoxy groups -OCH3 is 1. The van der Waals surface area contributed by atoms with Crippen molar-refractivity contribution in [3.05, 3.63) is 12.2 Å². The van der Waals surface area contributed by atoms with E-state index in [4.69, 9.17) is 4.74 Å². The molecule has 0 N–H and O–H groups in total.